The fourth-order valence-corrected chi connectivity index (χ4v) is 2.99. The van der Waals surface area contributed by atoms with Gasteiger partial charge in [0.2, 0.25) is 5.91 Å². The van der Waals surface area contributed by atoms with E-state index in [9.17, 15) is 4.79 Å². The molecule has 2 aromatic heterocycles. The van der Waals surface area contributed by atoms with Crippen molar-refractivity contribution >= 4 is 11.7 Å². The number of nitrogens with one attached hydrogen (secondary N) is 1. The molecule has 2 aromatic rings. The predicted octanol–water partition coefficient (Wildman–Crippen LogP) is 2.07. The van der Waals surface area contributed by atoms with E-state index in [2.05, 4.69) is 15.3 Å². The van der Waals surface area contributed by atoms with Crippen molar-refractivity contribution in [3.05, 3.63) is 42.6 Å². The van der Waals surface area contributed by atoms with E-state index < -0.39 is 0 Å². The molecule has 116 valence electrons. The highest BCUT2D eigenvalue weighted by Crippen LogP contribution is 2.33. The third-order valence-electron chi connectivity index (χ3n) is 4.14. The van der Waals surface area contributed by atoms with Crippen LogP contribution in [0.3, 0.4) is 0 Å². The van der Waals surface area contributed by atoms with Crippen LogP contribution in [-0.2, 0) is 11.3 Å². The van der Waals surface area contributed by atoms with Gasteiger partial charge in [0.05, 0.1) is 12.4 Å². The Balaban J connectivity index is 1.68. The highest BCUT2D eigenvalue weighted by molar-refractivity contribution is 5.77. The monoisotopic (exact) mass is 299 g/mol. The smallest absolute Gasteiger partial charge is 0.224 e. The number of nitrogens with zero attached hydrogens (tertiary/aromatic N) is 4. The minimum Gasteiger partial charge on any atom is -0.373 e. The molecule has 0 spiro atoms. The summed E-state index contributed by atoms with van der Waals surface area (Å²) in [7, 11) is 1.86. The largest absolute Gasteiger partial charge is 0.373 e. The van der Waals surface area contributed by atoms with Crippen LogP contribution in [0.25, 0.3) is 0 Å². The number of rotatable bonds is 5. The maximum absolute atomic E-state index is 12.5. The van der Waals surface area contributed by atoms with Gasteiger partial charge in [-0.15, -0.1) is 0 Å². The normalized spacial score (nSPS) is 17.7. The number of aromatic nitrogens is 3. The van der Waals surface area contributed by atoms with Crippen molar-refractivity contribution in [1.82, 2.24) is 19.4 Å². The van der Waals surface area contributed by atoms with E-state index in [0.717, 1.165) is 30.8 Å². The number of imidazole rings is 1. The fraction of sp³-hybridized carbons (Fsp3) is 0.438. The van der Waals surface area contributed by atoms with Crippen LogP contribution in [-0.4, -0.2) is 38.9 Å². The number of hydrogen-bond acceptors (Lipinski definition) is 4. The number of carbonyl (C=O) groups excluding carboxylic acids is 1. The van der Waals surface area contributed by atoms with E-state index in [1.165, 1.54) is 0 Å². The van der Waals surface area contributed by atoms with Crippen molar-refractivity contribution in [2.24, 2.45) is 0 Å². The zero-order valence-corrected chi connectivity index (χ0v) is 12.8. The second-order valence-electron chi connectivity index (χ2n) is 5.52. The van der Waals surface area contributed by atoms with Crippen LogP contribution < -0.4 is 5.32 Å². The second-order valence-corrected chi connectivity index (χ2v) is 5.52. The number of pyridine rings is 1. The highest BCUT2D eigenvalue weighted by Gasteiger charge is 2.29. The molecule has 1 N–H and O–H groups in total. The van der Waals surface area contributed by atoms with Crippen LogP contribution in [0.15, 0.2) is 37.1 Å². The lowest BCUT2D eigenvalue weighted by Crippen LogP contribution is -2.31. The predicted molar refractivity (Wildman–Crippen MR) is 84.3 cm³/mol. The Kier molecular flexibility index (Phi) is 4.37. The summed E-state index contributed by atoms with van der Waals surface area (Å²) < 4.78 is 1.94. The summed E-state index contributed by atoms with van der Waals surface area (Å²) in [5.41, 5.74) is 1.16. The lowest BCUT2D eigenvalue weighted by molar-refractivity contribution is -0.132. The van der Waals surface area contributed by atoms with Crippen molar-refractivity contribution < 1.29 is 4.79 Å². The van der Waals surface area contributed by atoms with Crippen molar-refractivity contribution in [3.63, 3.8) is 0 Å². The molecule has 3 rings (SSSR count). The molecule has 1 fully saturated rings. The molecule has 0 saturated carbocycles. The molecule has 6 nitrogen and oxygen atoms in total. The number of hydrogen-bond donors (Lipinski definition) is 1. The van der Waals surface area contributed by atoms with Gasteiger partial charge in [0, 0.05) is 45.1 Å². The van der Waals surface area contributed by atoms with Crippen LogP contribution in [0.2, 0.25) is 0 Å². The number of aryl methyl sites for hydroxylation is 1. The van der Waals surface area contributed by atoms with Gasteiger partial charge in [0.25, 0.3) is 0 Å². The van der Waals surface area contributed by atoms with Crippen LogP contribution >= 0.6 is 0 Å². The third-order valence-corrected chi connectivity index (χ3v) is 4.14. The number of likely N-dealkylation sites (tertiary alicyclic amines) is 1. The minimum absolute atomic E-state index is 0.172. The zero-order valence-electron chi connectivity index (χ0n) is 12.8. The van der Waals surface area contributed by atoms with Crippen molar-refractivity contribution in [3.8, 4) is 0 Å². The number of anilines is 1. The van der Waals surface area contributed by atoms with Crippen LogP contribution in [0.5, 0.6) is 0 Å². The minimum atomic E-state index is 0.172. The molecule has 3 heterocycles. The van der Waals surface area contributed by atoms with E-state index in [4.69, 9.17) is 0 Å². The Morgan fingerprint density at radius 3 is 3.14 bits per heavy atom. The van der Waals surface area contributed by atoms with E-state index in [-0.39, 0.29) is 11.9 Å². The first-order valence-electron chi connectivity index (χ1n) is 7.67. The molecule has 6 heteroatoms. The molecular formula is C16H21N5O. The first-order chi connectivity index (χ1) is 10.8. The van der Waals surface area contributed by atoms with Crippen LogP contribution in [0, 0.1) is 0 Å². The van der Waals surface area contributed by atoms with Gasteiger partial charge in [-0.1, -0.05) is 0 Å². The van der Waals surface area contributed by atoms with E-state index in [0.29, 0.717) is 13.0 Å². The van der Waals surface area contributed by atoms with Crippen molar-refractivity contribution in [2.75, 3.05) is 18.9 Å². The Hall–Kier alpha value is -2.37. The Bertz CT molecular complexity index is 625. The van der Waals surface area contributed by atoms with Crippen LogP contribution in [0.4, 0.5) is 5.82 Å². The number of amides is 1. The lowest BCUT2D eigenvalue weighted by Gasteiger charge is -2.25. The van der Waals surface area contributed by atoms with Gasteiger partial charge in [0.1, 0.15) is 5.82 Å². The van der Waals surface area contributed by atoms with E-state index in [1.54, 1.807) is 18.7 Å². The molecule has 0 bridgehead atoms. The summed E-state index contributed by atoms with van der Waals surface area (Å²) in [6.07, 6.45) is 9.75. The van der Waals surface area contributed by atoms with Gasteiger partial charge in [-0.3, -0.25) is 4.79 Å². The SMILES string of the molecule is CNc1cc(C2CCCN2C(=O)CCn2ccnc2)ccn1. The summed E-state index contributed by atoms with van der Waals surface area (Å²) >= 11 is 0. The summed E-state index contributed by atoms with van der Waals surface area (Å²) in [5, 5.41) is 3.05. The second kappa shape index (κ2) is 6.60. The van der Waals surface area contributed by atoms with Gasteiger partial charge in [-0.2, -0.15) is 0 Å². The fourth-order valence-electron chi connectivity index (χ4n) is 2.99. The van der Waals surface area contributed by atoms with Gasteiger partial charge < -0.3 is 14.8 Å². The Labute approximate surface area is 130 Å². The lowest BCUT2D eigenvalue weighted by atomic mass is 10.1. The Morgan fingerprint density at radius 2 is 2.36 bits per heavy atom. The quantitative estimate of drug-likeness (QED) is 0.918. The van der Waals surface area contributed by atoms with Gasteiger partial charge in [-0.05, 0) is 30.5 Å². The van der Waals surface area contributed by atoms with E-state index in [1.807, 2.05) is 34.8 Å². The standard InChI is InChI=1S/C16H21N5O/c1-17-15-11-13(4-6-19-15)14-3-2-8-21(14)16(22)5-9-20-10-7-18-12-20/h4,6-7,10-12,14H,2-3,5,8-9H2,1H3,(H,17,19). The van der Waals surface area contributed by atoms with Gasteiger partial charge in [0.15, 0.2) is 0 Å². The summed E-state index contributed by atoms with van der Waals surface area (Å²) in [6.45, 7) is 1.52. The first kappa shape index (κ1) is 14.6. The maximum Gasteiger partial charge on any atom is 0.224 e. The highest BCUT2D eigenvalue weighted by atomic mass is 16.2. The molecule has 0 aliphatic carbocycles. The summed E-state index contributed by atoms with van der Waals surface area (Å²) in [4.78, 5) is 22.8. The maximum atomic E-state index is 12.5. The molecule has 1 aliphatic heterocycles. The Morgan fingerprint density at radius 1 is 1.45 bits per heavy atom. The topological polar surface area (TPSA) is 63.1 Å². The molecule has 22 heavy (non-hydrogen) atoms. The van der Waals surface area contributed by atoms with E-state index >= 15 is 0 Å². The average molecular weight is 299 g/mol. The molecule has 1 atom stereocenters. The summed E-state index contributed by atoms with van der Waals surface area (Å²) in [6, 6.07) is 4.21. The number of carbonyl (C=O) groups is 1. The molecule has 1 saturated heterocycles. The molecule has 1 aliphatic rings. The van der Waals surface area contributed by atoms with Gasteiger partial charge in [-0.25, -0.2) is 9.97 Å². The molecule has 0 aromatic carbocycles. The van der Waals surface area contributed by atoms with Crippen molar-refractivity contribution in [2.45, 2.75) is 31.8 Å². The summed E-state index contributed by atoms with van der Waals surface area (Å²) in [5.74, 6) is 1.05. The molecule has 1 amide bonds. The molecule has 1 unspecified atom stereocenters. The zero-order chi connectivity index (χ0) is 15.4. The molecule has 0 radical (unpaired) electrons. The van der Waals surface area contributed by atoms with Gasteiger partial charge >= 0.3 is 0 Å². The average Bonchev–Trinajstić information content (AvgIpc) is 3.24. The van der Waals surface area contributed by atoms with Crippen LogP contribution in [0.1, 0.15) is 30.9 Å². The molecular weight excluding hydrogens is 278 g/mol. The third kappa shape index (κ3) is 3.10. The van der Waals surface area contributed by atoms with Crippen molar-refractivity contribution in [1.29, 1.82) is 0 Å². The first-order valence-corrected chi connectivity index (χ1v) is 7.67.